The van der Waals surface area contributed by atoms with E-state index in [4.69, 9.17) is 0 Å². The highest BCUT2D eigenvalue weighted by atomic mass is 79.9. The third-order valence-corrected chi connectivity index (χ3v) is 2.04. The molecule has 13 heavy (non-hydrogen) atoms. The Bertz CT molecular complexity index is 268. The van der Waals surface area contributed by atoms with E-state index in [1.165, 1.54) is 5.56 Å². The molecule has 0 saturated heterocycles. The minimum absolute atomic E-state index is 0. The van der Waals surface area contributed by atoms with Crippen molar-refractivity contribution in [2.45, 2.75) is 6.54 Å². The van der Waals surface area contributed by atoms with Crippen molar-refractivity contribution in [2.75, 3.05) is 21.1 Å². The molecular formula is C10H15BrClN. The maximum atomic E-state index is 3.46. The second-order valence-corrected chi connectivity index (χ2v) is 4.99. The number of rotatable bonds is 2. The van der Waals surface area contributed by atoms with Crippen LogP contribution < -0.4 is 12.4 Å². The summed E-state index contributed by atoms with van der Waals surface area (Å²) in [5, 5.41) is 0. The molecule has 0 heterocycles. The van der Waals surface area contributed by atoms with Gasteiger partial charge in [0.15, 0.2) is 0 Å². The molecule has 0 unspecified atom stereocenters. The predicted molar refractivity (Wildman–Crippen MR) is 55.9 cm³/mol. The molecule has 74 valence electrons. The molecule has 0 bridgehead atoms. The van der Waals surface area contributed by atoms with Crippen molar-refractivity contribution in [3.8, 4) is 0 Å². The third-order valence-electron chi connectivity index (χ3n) is 1.55. The first-order chi connectivity index (χ1) is 5.47. The highest BCUT2D eigenvalue weighted by Gasteiger charge is 2.07. The molecule has 1 rings (SSSR count). The number of hydrogen-bond donors (Lipinski definition) is 0. The first kappa shape index (κ1) is 12.9. The van der Waals surface area contributed by atoms with Crippen LogP contribution in [0.15, 0.2) is 28.7 Å². The summed E-state index contributed by atoms with van der Waals surface area (Å²) in [4.78, 5) is 0. The van der Waals surface area contributed by atoms with Crippen LogP contribution in [0.25, 0.3) is 0 Å². The minimum atomic E-state index is 0. The van der Waals surface area contributed by atoms with E-state index in [1.54, 1.807) is 0 Å². The van der Waals surface area contributed by atoms with E-state index in [9.17, 15) is 0 Å². The van der Waals surface area contributed by atoms with Crippen LogP contribution in [-0.2, 0) is 6.54 Å². The first-order valence-corrected chi connectivity index (χ1v) is 4.81. The average Bonchev–Trinajstić information content (AvgIpc) is 1.82. The Kier molecular flexibility index (Phi) is 4.97. The zero-order chi connectivity index (χ0) is 9.19. The van der Waals surface area contributed by atoms with Crippen molar-refractivity contribution >= 4 is 15.9 Å². The van der Waals surface area contributed by atoms with E-state index < -0.39 is 0 Å². The molecule has 0 aliphatic carbocycles. The third kappa shape index (κ3) is 5.29. The molecule has 0 N–H and O–H groups in total. The van der Waals surface area contributed by atoms with E-state index in [0.717, 1.165) is 15.5 Å². The van der Waals surface area contributed by atoms with Gasteiger partial charge in [0.25, 0.3) is 0 Å². The Morgan fingerprint density at radius 3 is 2.31 bits per heavy atom. The van der Waals surface area contributed by atoms with Crippen LogP contribution in [0, 0.1) is 0 Å². The van der Waals surface area contributed by atoms with Gasteiger partial charge in [-0.3, -0.25) is 0 Å². The smallest absolute Gasteiger partial charge is 0.104 e. The summed E-state index contributed by atoms with van der Waals surface area (Å²) in [5.74, 6) is 0. The van der Waals surface area contributed by atoms with E-state index in [-0.39, 0.29) is 12.4 Å². The van der Waals surface area contributed by atoms with E-state index in [2.05, 4.69) is 61.3 Å². The Balaban J connectivity index is 0.00000144. The lowest BCUT2D eigenvalue weighted by Crippen LogP contribution is -3.00. The maximum absolute atomic E-state index is 3.46. The van der Waals surface area contributed by atoms with Crippen LogP contribution >= 0.6 is 15.9 Å². The summed E-state index contributed by atoms with van der Waals surface area (Å²) in [5.41, 5.74) is 1.37. The van der Waals surface area contributed by atoms with Crippen molar-refractivity contribution < 1.29 is 16.9 Å². The number of halogens is 2. The number of hydrogen-bond acceptors (Lipinski definition) is 0. The lowest BCUT2D eigenvalue weighted by molar-refractivity contribution is -0.884. The van der Waals surface area contributed by atoms with E-state index in [1.807, 2.05) is 0 Å². The van der Waals surface area contributed by atoms with Crippen molar-refractivity contribution in [3.05, 3.63) is 34.3 Å². The number of nitrogens with zero attached hydrogens (tertiary/aromatic N) is 1. The largest absolute Gasteiger partial charge is 1.00 e. The van der Waals surface area contributed by atoms with Gasteiger partial charge in [0.2, 0.25) is 0 Å². The summed E-state index contributed by atoms with van der Waals surface area (Å²) < 4.78 is 2.13. The molecule has 0 aromatic heterocycles. The summed E-state index contributed by atoms with van der Waals surface area (Å²) >= 11 is 3.46. The van der Waals surface area contributed by atoms with Crippen molar-refractivity contribution in [1.82, 2.24) is 0 Å². The monoisotopic (exact) mass is 263 g/mol. The molecule has 1 aromatic carbocycles. The van der Waals surface area contributed by atoms with Crippen LogP contribution in [0.4, 0.5) is 0 Å². The highest BCUT2D eigenvalue weighted by molar-refractivity contribution is 9.10. The molecule has 3 heteroatoms. The minimum Gasteiger partial charge on any atom is -1.00 e. The molecule has 0 aliphatic heterocycles. The van der Waals surface area contributed by atoms with Gasteiger partial charge >= 0.3 is 0 Å². The topological polar surface area (TPSA) is 0 Å². The average molecular weight is 265 g/mol. The van der Waals surface area contributed by atoms with Gasteiger partial charge in [0.05, 0.1) is 21.1 Å². The summed E-state index contributed by atoms with van der Waals surface area (Å²) in [6.07, 6.45) is 0. The molecule has 0 fully saturated rings. The molecule has 1 nitrogen and oxygen atoms in total. The molecular weight excluding hydrogens is 249 g/mol. The van der Waals surface area contributed by atoms with Gasteiger partial charge in [-0.1, -0.05) is 28.1 Å². The Morgan fingerprint density at radius 1 is 1.23 bits per heavy atom. The first-order valence-electron chi connectivity index (χ1n) is 4.02. The van der Waals surface area contributed by atoms with E-state index in [0.29, 0.717) is 0 Å². The van der Waals surface area contributed by atoms with Crippen molar-refractivity contribution in [1.29, 1.82) is 0 Å². The SMILES string of the molecule is C[N+](C)(C)Cc1cccc(Br)c1.[Cl-]. The Morgan fingerprint density at radius 2 is 1.85 bits per heavy atom. The molecule has 0 radical (unpaired) electrons. The maximum Gasteiger partial charge on any atom is 0.104 e. The van der Waals surface area contributed by atoms with Gasteiger partial charge in [0, 0.05) is 10.0 Å². The summed E-state index contributed by atoms with van der Waals surface area (Å²) in [6, 6.07) is 8.46. The van der Waals surface area contributed by atoms with Crippen molar-refractivity contribution in [3.63, 3.8) is 0 Å². The van der Waals surface area contributed by atoms with Gasteiger partial charge in [-0.25, -0.2) is 0 Å². The van der Waals surface area contributed by atoms with Gasteiger partial charge in [-0.15, -0.1) is 0 Å². The van der Waals surface area contributed by atoms with Crippen LogP contribution in [-0.4, -0.2) is 25.6 Å². The number of quaternary nitrogens is 1. The van der Waals surface area contributed by atoms with Crippen LogP contribution in [0.2, 0.25) is 0 Å². The zero-order valence-corrected chi connectivity index (χ0v) is 10.6. The Hall–Kier alpha value is -0.0500. The fourth-order valence-electron chi connectivity index (χ4n) is 1.18. The normalized spacial score (nSPS) is 10.8. The van der Waals surface area contributed by atoms with Gasteiger partial charge in [0.1, 0.15) is 6.54 Å². The molecule has 0 saturated carbocycles. The fourth-order valence-corrected chi connectivity index (χ4v) is 1.63. The second kappa shape index (κ2) is 4.99. The highest BCUT2D eigenvalue weighted by Crippen LogP contribution is 2.13. The fraction of sp³-hybridized carbons (Fsp3) is 0.400. The van der Waals surface area contributed by atoms with Crippen molar-refractivity contribution in [2.24, 2.45) is 0 Å². The van der Waals surface area contributed by atoms with Crippen LogP contribution in [0.5, 0.6) is 0 Å². The molecule has 0 aliphatic rings. The van der Waals surface area contributed by atoms with Crippen LogP contribution in [0.3, 0.4) is 0 Å². The predicted octanol–water partition coefficient (Wildman–Crippen LogP) is -0.341. The number of benzene rings is 1. The van der Waals surface area contributed by atoms with Gasteiger partial charge in [-0.05, 0) is 12.1 Å². The van der Waals surface area contributed by atoms with E-state index >= 15 is 0 Å². The summed E-state index contributed by atoms with van der Waals surface area (Å²) in [6.45, 7) is 1.07. The lowest BCUT2D eigenvalue weighted by Gasteiger charge is -2.23. The van der Waals surface area contributed by atoms with Crippen LogP contribution in [0.1, 0.15) is 5.56 Å². The molecule has 0 amide bonds. The standard InChI is InChI=1S/C10H15BrN.ClH/c1-12(2,3)8-9-5-4-6-10(11)7-9;/h4-7H,8H2,1-3H3;1H/q+1;/p-1. The van der Waals surface area contributed by atoms with Gasteiger partial charge < -0.3 is 16.9 Å². The molecule has 0 spiro atoms. The summed E-state index contributed by atoms with van der Waals surface area (Å²) in [7, 11) is 6.59. The zero-order valence-electron chi connectivity index (χ0n) is 8.22. The Labute approximate surface area is 94.9 Å². The molecule has 1 aromatic rings. The van der Waals surface area contributed by atoms with Gasteiger partial charge in [-0.2, -0.15) is 0 Å². The molecule has 0 atom stereocenters. The lowest BCUT2D eigenvalue weighted by atomic mass is 10.2. The quantitative estimate of drug-likeness (QED) is 0.641. The second-order valence-electron chi connectivity index (χ2n) is 4.08.